The van der Waals surface area contributed by atoms with Gasteiger partial charge in [0.15, 0.2) is 0 Å². The zero-order valence-electron chi connectivity index (χ0n) is 10.8. The molecule has 0 aliphatic rings. The van der Waals surface area contributed by atoms with Crippen LogP contribution in [0.15, 0.2) is 18.2 Å². The van der Waals surface area contributed by atoms with Crippen LogP contribution in [0.4, 0.5) is 0 Å². The van der Waals surface area contributed by atoms with Gasteiger partial charge >= 0.3 is 5.97 Å². The number of nitrogens with zero attached hydrogens (tertiary/aromatic N) is 1. The number of methoxy groups -OCH3 is 1. The lowest BCUT2D eigenvalue weighted by atomic mass is 10.2. The third-order valence-electron chi connectivity index (χ3n) is 2.60. The van der Waals surface area contributed by atoms with Gasteiger partial charge in [-0.15, -0.1) is 0 Å². The standard InChI is InChI=1S/C13H20N2O3/c1-3-5-11(9-18-2)14-8-10-6-4-7-12(15-10)13(16)17/h4,6-7,11,14H,3,5,8-9H2,1-2H3,(H,16,17). The summed E-state index contributed by atoms with van der Waals surface area (Å²) in [6, 6.07) is 5.29. The summed E-state index contributed by atoms with van der Waals surface area (Å²) in [6.07, 6.45) is 2.09. The minimum atomic E-state index is -1.00. The van der Waals surface area contributed by atoms with Crippen molar-refractivity contribution in [2.75, 3.05) is 13.7 Å². The van der Waals surface area contributed by atoms with Crippen LogP contribution in [0.5, 0.6) is 0 Å². The summed E-state index contributed by atoms with van der Waals surface area (Å²) in [6.45, 7) is 3.31. The van der Waals surface area contributed by atoms with Crippen LogP contribution in [-0.2, 0) is 11.3 Å². The van der Waals surface area contributed by atoms with Crippen molar-refractivity contribution in [1.29, 1.82) is 0 Å². The number of carboxylic acid groups (broad SMARTS) is 1. The lowest BCUT2D eigenvalue weighted by molar-refractivity contribution is 0.0690. The molecule has 1 unspecified atom stereocenters. The first-order valence-electron chi connectivity index (χ1n) is 6.09. The second kappa shape index (κ2) is 7.79. The fourth-order valence-electron chi connectivity index (χ4n) is 1.74. The Bertz CT molecular complexity index is 376. The number of rotatable bonds is 8. The molecule has 1 heterocycles. The molecule has 0 aromatic carbocycles. The summed E-state index contributed by atoms with van der Waals surface area (Å²) in [4.78, 5) is 14.9. The van der Waals surface area contributed by atoms with Crippen molar-refractivity contribution >= 4 is 5.97 Å². The van der Waals surface area contributed by atoms with E-state index in [0.717, 1.165) is 18.5 Å². The van der Waals surface area contributed by atoms with E-state index in [1.165, 1.54) is 6.07 Å². The minimum Gasteiger partial charge on any atom is -0.477 e. The Labute approximate surface area is 107 Å². The highest BCUT2D eigenvalue weighted by atomic mass is 16.5. The molecule has 1 aromatic heterocycles. The first-order valence-corrected chi connectivity index (χ1v) is 6.09. The van der Waals surface area contributed by atoms with E-state index >= 15 is 0 Å². The molecule has 0 amide bonds. The SMILES string of the molecule is CCCC(COC)NCc1cccc(C(=O)O)n1. The number of hydrogen-bond acceptors (Lipinski definition) is 4. The second-order valence-corrected chi connectivity index (χ2v) is 4.14. The summed E-state index contributed by atoms with van der Waals surface area (Å²) in [5.74, 6) is -1.00. The zero-order chi connectivity index (χ0) is 13.4. The number of carbonyl (C=O) groups is 1. The number of ether oxygens (including phenoxy) is 1. The van der Waals surface area contributed by atoms with Crippen molar-refractivity contribution in [2.24, 2.45) is 0 Å². The molecular weight excluding hydrogens is 232 g/mol. The number of aromatic nitrogens is 1. The van der Waals surface area contributed by atoms with E-state index in [-0.39, 0.29) is 11.7 Å². The van der Waals surface area contributed by atoms with E-state index in [2.05, 4.69) is 17.2 Å². The molecule has 0 aliphatic carbocycles. The molecule has 18 heavy (non-hydrogen) atoms. The van der Waals surface area contributed by atoms with Gasteiger partial charge < -0.3 is 15.2 Å². The Balaban J connectivity index is 2.55. The molecule has 5 heteroatoms. The highest BCUT2D eigenvalue weighted by Crippen LogP contribution is 2.02. The van der Waals surface area contributed by atoms with Crippen LogP contribution in [-0.4, -0.2) is 35.8 Å². The van der Waals surface area contributed by atoms with Crippen LogP contribution < -0.4 is 5.32 Å². The molecule has 0 bridgehead atoms. The molecule has 0 saturated carbocycles. The molecule has 1 rings (SSSR count). The van der Waals surface area contributed by atoms with Crippen molar-refractivity contribution in [3.05, 3.63) is 29.6 Å². The van der Waals surface area contributed by atoms with Crippen LogP contribution >= 0.6 is 0 Å². The number of hydrogen-bond donors (Lipinski definition) is 2. The van der Waals surface area contributed by atoms with Gasteiger partial charge in [0.25, 0.3) is 0 Å². The van der Waals surface area contributed by atoms with E-state index in [4.69, 9.17) is 9.84 Å². The molecule has 0 radical (unpaired) electrons. The van der Waals surface area contributed by atoms with Gasteiger partial charge in [-0.25, -0.2) is 9.78 Å². The van der Waals surface area contributed by atoms with Gasteiger partial charge in [0.05, 0.1) is 12.3 Å². The predicted molar refractivity (Wildman–Crippen MR) is 68.6 cm³/mol. The lowest BCUT2D eigenvalue weighted by Crippen LogP contribution is -2.32. The van der Waals surface area contributed by atoms with Crippen LogP contribution in [0.1, 0.15) is 35.9 Å². The summed E-state index contributed by atoms with van der Waals surface area (Å²) in [7, 11) is 1.67. The first kappa shape index (κ1) is 14.6. The van der Waals surface area contributed by atoms with E-state index in [1.54, 1.807) is 13.2 Å². The average molecular weight is 252 g/mol. The molecule has 1 atom stereocenters. The second-order valence-electron chi connectivity index (χ2n) is 4.14. The molecule has 0 spiro atoms. The summed E-state index contributed by atoms with van der Waals surface area (Å²) in [5, 5.41) is 12.2. The highest BCUT2D eigenvalue weighted by Gasteiger charge is 2.08. The van der Waals surface area contributed by atoms with Gasteiger partial charge in [-0.3, -0.25) is 0 Å². The smallest absolute Gasteiger partial charge is 0.354 e. The molecule has 0 aliphatic heterocycles. The van der Waals surface area contributed by atoms with Gasteiger partial charge in [-0.1, -0.05) is 19.4 Å². The van der Waals surface area contributed by atoms with E-state index in [9.17, 15) is 4.79 Å². The number of aromatic carboxylic acids is 1. The minimum absolute atomic E-state index is 0.0769. The van der Waals surface area contributed by atoms with Crippen LogP contribution in [0, 0.1) is 0 Å². The maximum absolute atomic E-state index is 10.8. The van der Waals surface area contributed by atoms with Crippen molar-refractivity contribution in [3.63, 3.8) is 0 Å². The van der Waals surface area contributed by atoms with E-state index in [0.29, 0.717) is 13.2 Å². The molecule has 1 aromatic rings. The van der Waals surface area contributed by atoms with Gasteiger partial charge in [0.2, 0.25) is 0 Å². The third kappa shape index (κ3) is 4.81. The van der Waals surface area contributed by atoms with Crippen LogP contribution in [0.2, 0.25) is 0 Å². The predicted octanol–water partition coefficient (Wildman–Crippen LogP) is 1.68. The molecule has 0 saturated heterocycles. The summed E-state index contributed by atoms with van der Waals surface area (Å²) in [5.41, 5.74) is 0.806. The Morgan fingerprint density at radius 1 is 1.56 bits per heavy atom. The number of nitrogens with one attached hydrogen (secondary N) is 1. The van der Waals surface area contributed by atoms with Crippen molar-refractivity contribution < 1.29 is 14.6 Å². The third-order valence-corrected chi connectivity index (χ3v) is 2.60. The normalized spacial score (nSPS) is 12.3. The van der Waals surface area contributed by atoms with Crippen LogP contribution in [0.3, 0.4) is 0 Å². The monoisotopic (exact) mass is 252 g/mol. The molecular formula is C13H20N2O3. The Morgan fingerprint density at radius 3 is 2.94 bits per heavy atom. The fraction of sp³-hybridized carbons (Fsp3) is 0.538. The maximum Gasteiger partial charge on any atom is 0.354 e. The number of pyridine rings is 1. The van der Waals surface area contributed by atoms with Crippen molar-refractivity contribution in [2.45, 2.75) is 32.4 Å². The first-order chi connectivity index (χ1) is 8.67. The maximum atomic E-state index is 10.8. The van der Waals surface area contributed by atoms with Crippen molar-refractivity contribution in [1.82, 2.24) is 10.3 Å². The Morgan fingerprint density at radius 2 is 2.33 bits per heavy atom. The Hall–Kier alpha value is -1.46. The van der Waals surface area contributed by atoms with Crippen molar-refractivity contribution in [3.8, 4) is 0 Å². The van der Waals surface area contributed by atoms with Gasteiger partial charge in [-0.05, 0) is 18.6 Å². The fourth-order valence-corrected chi connectivity index (χ4v) is 1.74. The van der Waals surface area contributed by atoms with Gasteiger partial charge in [0.1, 0.15) is 5.69 Å². The molecule has 0 fully saturated rings. The molecule has 2 N–H and O–H groups in total. The topological polar surface area (TPSA) is 71.5 Å². The van der Waals surface area contributed by atoms with E-state index < -0.39 is 5.97 Å². The number of carboxylic acids is 1. The van der Waals surface area contributed by atoms with Gasteiger partial charge in [-0.2, -0.15) is 0 Å². The largest absolute Gasteiger partial charge is 0.477 e. The van der Waals surface area contributed by atoms with E-state index in [1.807, 2.05) is 6.07 Å². The summed E-state index contributed by atoms with van der Waals surface area (Å²) >= 11 is 0. The van der Waals surface area contributed by atoms with Crippen LogP contribution in [0.25, 0.3) is 0 Å². The zero-order valence-corrected chi connectivity index (χ0v) is 10.8. The Kier molecular flexibility index (Phi) is 6.32. The molecule has 100 valence electrons. The molecule has 5 nitrogen and oxygen atoms in total. The summed E-state index contributed by atoms with van der Waals surface area (Å²) < 4.78 is 5.13. The van der Waals surface area contributed by atoms with Gasteiger partial charge in [0, 0.05) is 19.7 Å². The average Bonchev–Trinajstić information content (AvgIpc) is 2.37. The quantitative estimate of drug-likeness (QED) is 0.736. The highest BCUT2D eigenvalue weighted by molar-refractivity contribution is 5.85. The lowest BCUT2D eigenvalue weighted by Gasteiger charge is -2.16.